The van der Waals surface area contributed by atoms with Crippen LogP contribution in [-0.2, 0) is 10.0 Å². The first kappa shape index (κ1) is 13.3. The summed E-state index contributed by atoms with van der Waals surface area (Å²) < 4.78 is 39.6. The van der Waals surface area contributed by atoms with Crippen LogP contribution in [0, 0.1) is 11.2 Å². The molecule has 2 rings (SSSR count). The third-order valence-electron chi connectivity index (χ3n) is 3.62. The standard InChI is InChI=1S/C12H17FN2O2S/c1-2-12(5-6-12)8-15-18(16,17)9-3-4-10(13)11(14)7-9/h3-4,7,15H,2,5-6,8,14H2,1H3. The van der Waals surface area contributed by atoms with Crippen molar-refractivity contribution in [1.29, 1.82) is 0 Å². The molecule has 0 aliphatic heterocycles. The molecule has 6 heteroatoms. The van der Waals surface area contributed by atoms with Gasteiger partial charge in [-0.25, -0.2) is 17.5 Å². The van der Waals surface area contributed by atoms with Gasteiger partial charge < -0.3 is 5.73 Å². The van der Waals surface area contributed by atoms with E-state index in [0.717, 1.165) is 31.4 Å². The molecule has 0 unspecified atom stereocenters. The smallest absolute Gasteiger partial charge is 0.240 e. The third-order valence-corrected chi connectivity index (χ3v) is 5.02. The maximum atomic E-state index is 13.0. The fraction of sp³-hybridized carbons (Fsp3) is 0.500. The van der Waals surface area contributed by atoms with Gasteiger partial charge in [0.25, 0.3) is 0 Å². The normalized spacial score (nSPS) is 17.7. The summed E-state index contributed by atoms with van der Waals surface area (Å²) in [6.07, 6.45) is 3.07. The summed E-state index contributed by atoms with van der Waals surface area (Å²) in [7, 11) is -3.60. The zero-order valence-corrected chi connectivity index (χ0v) is 11.1. The summed E-state index contributed by atoms with van der Waals surface area (Å²) in [6.45, 7) is 2.49. The monoisotopic (exact) mass is 272 g/mol. The highest BCUT2D eigenvalue weighted by Gasteiger charge is 2.41. The molecular formula is C12H17FN2O2S. The topological polar surface area (TPSA) is 72.2 Å². The summed E-state index contributed by atoms with van der Waals surface area (Å²) in [5, 5.41) is 0. The Morgan fingerprint density at radius 1 is 1.44 bits per heavy atom. The van der Waals surface area contributed by atoms with Crippen LogP contribution in [0.1, 0.15) is 26.2 Å². The maximum Gasteiger partial charge on any atom is 0.240 e. The van der Waals surface area contributed by atoms with Crippen molar-refractivity contribution in [2.24, 2.45) is 5.41 Å². The minimum absolute atomic E-state index is 0.00769. The van der Waals surface area contributed by atoms with Crippen molar-refractivity contribution in [3.05, 3.63) is 24.0 Å². The molecule has 3 N–H and O–H groups in total. The molecule has 0 saturated heterocycles. The number of sulfonamides is 1. The highest BCUT2D eigenvalue weighted by molar-refractivity contribution is 7.89. The van der Waals surface area contributed by atoms with Crippen LogP contribution in [0.2, 0.25) is 0 Å². The van der Waals surface area contributed by atoms with Gasteiger partial charge in [-0.05, 0) is 42.9 Å². The van der Waals surface area contributed by atoms with E-state index < -0.39 is 15.8 Å². The Morgan fingerprint density at radius 2 is 2.11 bits per heavy atom. The highest BCUT2D eigenvalue weighted by atomic mass is 32.2. The first-order valence-electron chi connectivity index (χ1n) is 5.93. The molecule has 0 atom stereocenters. The van der Waals surface area contributed by atoms with Crippen LogP contribution in [-0.4, -0.2) is 15.0 Å². The molecule has 18 heavy (non-hydrogen) atoms. The Kier molecular flexibility index (Phi) is 3.33. The van der Waals surface area contributed by atoms with Crippen molar-refractivity contribution in [2.75, 3.05) is 12.3 Å². The van der Waals surface area contributed by atoms with E-state index in [2.05, 4.69) is 11.6 Å². The van der Waals surface area contributed by atoms with Gasteiger partial charge in [-0.2, -0.15) is 0 Å². The van der Waals surface area contributed by atoms with Crippen LogP contribution >= 0.6 is 0 Å². The van der Waals surface area contributed by atoms with Gasteiger partial charge in [0.1, 0.15) is 5.82 Å². The molecule has 0 heterocycles. The van der Waals surface area contributed by atoms with E-state index in [4.69, 9.17) is 5.73 Å². The van der Waals surface area contributed by atoms with Gasteiger partial charge in [-0.1, -0.05) is 6.92 Å². The van der Waals surface area contributed by atoms with Gasteiger partial charge in [-0.15, -0.1) is 0 Å². The number of hydrogen-bond donors (Lipinski definition) is 2. The van der Waals surface area contributed by atoms with Gasteiger partial charge >= 0.3 is 0 Å². The number of hydrogen-bond acceptors (Lipinski definition) is 3. The van der Waals surface area contributed by atoms with E-state index in [9.17, 15) is 12.8 Å². The van der Waals surface area contributed by atoms with Crippen molar-refractivity contribution in [3.63, 3.8) is 0 Å². The predicted molar refractivity (Wildman–Crippen MR) is 68.0 cm³/mol. The molecule has 0 bridgehead atoms. The van der Waals surface area contributed by atoms with Gasteiger partial charge in [-0.3, -0.25) is 0 Å². The Labute approximate surface area is 106 Å². The summed E-state index contributed by atoms with van der Waals surface area (Å²) >= 11 is 0. The number of benzene rings is 1. The lowest BCUT2D eigenvalue weighted by molar-refractivity contribution is 0.475. The van der Waals surface area contributed by atoms with Crippen LogP contribution < -0.4 is 10.5 Å². The van der Waals surface area contributed by atoms with Crippen LogP contribution in [0.3, 0.4) is 0 Å². The van der Waals surface area contributed by atoms with E-state index in [1.54, 1.807) is 0 Å². The van der Waals surface area contributed by atoms with E-state index in [1.807, 2.05) is 0 Å². The van der Waals surface area contributed by atoms with E-state index in [0.29, 0.717) is 6.54 Å². The zero-order chi connectivity index (χ0) is 13.4. The molecule has 100 valence electrons. The Balaban J connectivity index is 2.13. The van der Waals surface area contributed by atoms with Crippen LogP contribution in [0.5, 0.6) is 0 Å². The predicted octanol–water partition coefficient (Wildman–Crippen LogP) is 1.88. The van der Waals surface area contributed by atoms with E-state index in [-0.39, 0.29) is 16.0 Å². The first-order chi connectivity index (χ1) is 8.38. The summed E-state index contributed by atoms with van der Waals surface area (Å²) in [5.74, 6) is -0.610. The number of nitrogens with one attached hydrogen (secondary N) is 1. The van der Waals surface area contributed by atoms with Crippen LogP contribution in [0.15, 0.2) is 23.1 Å². The molecule has 0 radical (unpaired) electrons. The number of nitrogens with two attached hydrogens (primary N) is 1. The summed E-state index contributed by atoms with van der Waals surface area (Å²) in [4.78, 5) is 0.00769. The lowest BCUT2D eigenvalue weighted by Gasteiger charge is -2.14. The van der Waals surface area contributed by atoms with E-state index >= 15 is 0 Å². The lowest BCUT2D eigenvalue weighted by atomic mass is 10.1. The van der Waals surface area contributed by atoms with Crippen LogP contribution in [0.25, 0.3) is 0 Å². The second-order valence-electron chi connectivity index (χ2n) is 4.86. The van der Waals surface area contributed by atoms with Gasteiger partial charge in [0, 0.05) is 6.54 Å². The third kappa shape index (κ3) is 2.64. The molecule has 1 aromatic rings. The average molecular weight is 272 g/mol. The van der Waals surface area contributed by atoms with Crippen LogP contribution in [0.4, 0.5) is 10.1 Å². The fourth-order valence-electron chi connectivity index (χ4n) is 1.85. The zero-order valence-electron chi connectivity index (χ0n) is 10.2. The molecular weight excluding hydrogens is 255 g/mol. The molecule has 1 saturated carbocycles. The second kappa shape index (κ2) is 4.51. The minimum Gasteiger partial charge on any atom is -0.396 e. The number of rotatable bonds is 5. The Morgan fingerprint density at radius 3 is 2.61 bits per heavy atom. The second-order valence-corrected chi connectivity index (χ2v) is 6.63. The average Bonchev–Trinajstić information content (AvgIpc) is 3.11. The largest absolute Gasteiger partial charge is 0.396 e. The van der Waals surface area contributed by atoms with E-state index in [1.165, 1.54) is 6.07 Å². The van der Waals surface area contributed by atoms with Crippen molar-refractivity contribution >= 4 is 15.7 Å². The van der Waals surface area contributed by atoms with Crippen molar-refractivity contribution in [1.82, 2.24) is 4.72 Å². The molecule has 1 fully saturated rings. The summed E-state index contributed by atoms with van der Waals surface area (Å²) in [5.41, 5.74) is 5.34. The molecule has 4 nitrogen and oxygen atoms in total. The van der Waals surface area contributed by atoms with Crippen molar-refractivity contribution in [2.45, 2.75) is 31.1 Å². The number of halogens is 1. The van der Waals surface area contributed by atoms with Crippen molar-refractivity contribution < 1.29 is 12.8 Å². The van der Waals surface area contributed by atoms with Gasteiger partial charge in [0.05, 0.1) is 10.6 Å². The van der Waals surface area contributed by atoms with Gasteiger partial charge in [0.15, 0.2) is 0 Å². The minimum atomic E-state index is -3.60. The quantitative estimate of drug-likeness (QED) is 0.804. The van der Waals surface area contributed by atoms with Gasteiger partial charge in [0.2, 0.25) is 10.0 Å². The Bertz CT molecular complexity index is 553. The SMILES string of the molecule is CCC1(CNS(=O)(=O)c2ccc(F)c(N)c2)CC1. The lowest BCUT2D eigenvalue weighted by Crippen LogP contribution is -2.30. The number of nitrogen functional groups attached to an aromatic ring is 1. The maximum absolute atomic E-state index is 13.0. The summed E-state index contributed by atoms with van der Waals surface area (Å²) in [6, 6.07) is 3.43. The highest BCUT2D eigenvalue weighted by Crippen LogP contribution is 2.48. The first-order valence-corrected chi connectivity index (χ1v) is 7.42. The molecule has 1 aromatic carbocycles. The molecule has 0 amide bonds. The molecule has 1 aliphatic rings. The number of anilines is 1. The molecule has 0 spiro atoms. The Hall–Kier alpha value is -1.14. The molecule has 1 aliphatic carbocycles. The van der Waals surface area contributed by atoms with Crippen molar-refractivity contribution in [3.8, 4) is 0 Å². The molecule has 0 aromatic heterocycles. The fourth-order valence-corrected chi connectivity index (χ4v) is 3.04.